The molecule has 2 aliphatic heterocycles. The van der Waals surface area contributed by atoms with Crippen molar-refractivity contribution in [1.82, 2.24) is 14.7 Å². The highest BCUT2D eigenvalue weighted by atomic mass is 35.5. The van der Waals surface area contributed by atoms with E-state index in [0.717, 1.165) is 31.7 Å². The van der Waals surface area contributed by atoms with Gasteiger partial charge in [-0.3, -0.25) is 18.9 Å². The third-order valence-corrected chi connectivity index (χ3v) is 9.18. The predicted molar refractivity (Wildman–Crippen MR) is 162 cm³/mol. The lowest BCUT2D eigenvalue weighted by Gasteiger charge is -2.30. The van der Waals surface area contributed by atoms with Gasteiger partial charge in [-0.2, -0.15) is 0 Å². The van der Waals surface area contributed by atoms with Crippen LogP contribution in [0.15, 0.2) is 42.5 Å². The molecular weight excluding hydrogens is 548 g/mol. The summed E-state index contributed by atoms with van der Waals surface area (Å²) in [6.45, 7) is 10.5. The van der Waals surface area contributed by atoms with Crippen LogP contribution < -0.4 is 9.04 Å². The van der Waals surface area contributed by atoms with Crippen molar-refractivity contribution in [3.63, 3.8) is 0 Å². The number of hydrogen-bond donors (Lipinski definition) is 0. The molecule has 40 heavy (non-hydrogen) atoms. The van der Waals surface area contributed by atoms with Crippen molar-refractivity contribution < 1.29 is 17.9 Å². The van der Waals surface area contributed by atoms with Gasteiger partial charge in [0, 0.05) is 55.9 Å². The van der Waals surface area contributed by atoms with E-state index in [4.69, 9.17) is 16.3 Å². The minimum Gasteiger partial charge on any atom is -0.492 e. The third-order valence-electron chi connectivity index (χ3n) is 7.76. The SMILES string of the molecule is CC(C)N1CCCN(S(C)(=O)=O)c2cc(Cl)ccc2CN(C(=O)c2cccc(OCCN3CCCCC3)c2)CC1. The molecule has 1 fully saturated rings. The van der Waals surface area contributed by atoms with Gasteiger partial charge in [0.25, 0.3) is 5.91 Å². The highest BCUT2D eigenvalue weighted by molar-refractivity contribution is 7.92. The van der Waals surface area contributed by atoms with Crippen LogP contribution >= 0.6 is 11.6 Å². The molecule has 0 spiro atoms. The molecular formula is C30H43ClN4O4S. The van der Waals surface area contributed by atoms with E-state index in [9.17, 15) is 13.2 Å². The Bertz CT molecular complexity index is 1250. The number of piperidine rings is 1. The molecule has 220 valence electrons. The number of sulfonamides is 1. The second-order valence-corrected chi connectivity index (χ2v) is 13.4. The number of carbonyl (C=O) groups excluding carboxylic acids is 1. The number of rotatable bonds is 7. The summed E-state index contributed by atoms with van der Waals surface area (Å²) in [5, 5.41) is 0.457. The molecule has 2 aliphatic rings. The molecule has 1 amide bonds. The summed E-state index contributed by atoms with van der Waals surface area (Å²) >= 11 is 6.33. The van der Waals surface area contributed by atoms with Crippen molar-refractivity contribution in [2.75, 3.05) is 63.0 Å². The number of benzene rings is 2. The molecule has 1 saturated heterocycles. The van der Waals surface area contributed by atoms with E-state index < -0.39 is 10.0 Å². The predicted octanol–water partition coefficient (Wildman–Crippen LogP) is 4.73. The fraction of sp³-hybridized carbons (Fsp3) is 0.567. The van der Waals surface area contributed by atoms with E-state index >= 15 is 0 Å². The van der Waals surface area contributed by atoms with Gasteiger partial charge in [-0.25, -0.2) is 8.42 Å². The molecule has 2 aromatic rings. The molecule has 0 bridgehead atoms. The van der Waals surface area contributed by atoms with Crippen LogP contribution in [0.4, 0.5) is 5.69 Å². The number of amides is 1. The fourth-order valence-electron chi connectivity index (χ4n) is 5.50. The Hall–Kier alpha value is -2.33. The number of likely N-dealkylation sites (tertiary alicyclic amines) is 1. The van der Waals surface area contributed by atoms with Crippen LogP contribution in [-0.2, 0) is 16.6 Å². The fourth-order valence-corrected chi connectivity index (χ4v) is 6.65. The van der Waals surface area contributed by atoms with Crippen LogP contribution in [0.5, 0.6) is 5.75 Å². The first-order valence-electron chi connectivity index (χ1n) is 14.4. The van der Waals surface area contributed by atoms with Gasteiger partial charge in [-0.15, -0.1) is 0 Å². The molecule has 8 nitrogen and oxygen atoms in total. The van der Waals surface area contributed by atoms with Gasteiger partial charge in [0.15, 0.2) is 0 Å². The van der Waals surface area contributed by atoms with Gasteiger partial charge >= 0.3 is 0 Å². The van der Waals surface area contributed by atoms with Crippen molar-refractivity contribution in [2.24, 2.45) is 0 Å². The molecule has 0 N–H and O–H groups in total. The zero-order valence-electron chi connectivity index (χ0n) is 24.0. The molecule has 0 aliphatic carbocycles. The van der Waals surface area contributed by atoms with Crippen molar-refractivity contribution in [2.45, 2.75) is 52.1 Å². The maximum absolute atomic E-state index is 13.9. The van der Waals surface area contributed by atoms with E-state index in [1.54, 1.807) is 17.0 Å². The van der Waals surface area contributed by atoms with Gasteiger partial charge in [0.2, 0.25) is 10.0 Å². The quantitative estimate of drug-likeness (QED) is 0.464. The lowest BCUT2D eigenvalue weighted by molar-refractivity contribution is 0.0711. The molecule has 0 atom stereocenters. The molecule has 4 rings (SSSR count). The Kier molecular flexibility index (Phi) is 10.7. The number of hydrogen-bond acceptors (Lipinski definition) is 6. The smallest absolute Gasteiger partial charge is 0.254 e. The summed E-state index contributed by atoms with van der Waals surface area (Å²) in [6, 6.07) is 12.9. The summed E-state index contributed by atoms with van der Waals surface area (Å²) in [4.78, 5) is 20.5. The largest absolute Gasteiger partial charge is 0.492 e. The second kappa shape index (κ2) is 14.0. The average Bonchev–Trinajstić information content (AvgIpc) is 2.95. The monoisotopic (exact) mass is 590 g/mol. The molecule has 0 radical (unpaired) electrons. The highest BCUT2D eigenvalue weighted by Gasteiger charge is 2.26. The van der Waals surface area contributed by atoms with E-state index in [2.05, 4.69) is 23.6 Å². The Morgan fingerprint density at radius 1 is 0.950 bits per heavy atom. The van der Waals surface area contributed by atoms with Gasteiger partial charge in [-0.1, -0.05) is 30.2 Å². The average molecular weight is 591 g/mol. The van der Waals surface area contributed by atoms with E-state index in [1.165, 1.54) is 29.8 Å². The van der Waals surface area contributed by atoms with E-state index in [1.807, 2.05) is 30.3 Å². The molecule has 2 aromatic carbocycles. The summed E-state index contributed by atoms with van der Waals surface area (Å²) in [5.74, 6) is 0.566. The second-order valence-electron chi connectivity index (χ2n) is 11.1. The number of fused-ring (bicyclic) bond motifs is 1. The number of nitrogens with zero attached hydrogens (tertiary/aromatic N) is 4. The van der Waals surface area contributed by atoms with Crippen LogP contribution in [0.2, 0.25) is 5.02 Å². The molecule has 0 aromatic heterocycles. The first-order chi connectivity index (χ1) is 19.1. The summed E-state index contributed by atoms with van der Waals surface area (Å²) < 4.78 is 33.2. The van der Waals surface area contributed by atoms with Crippen molar-refractivity contribution >= 4 is 33.2 Å². The third kappa shape index (κ3) is 8.35. The zero-order chi connectivity index (χ0) is 28.7. The first kappa shape index (κ1) is 30.6. The first-order valence-corrected chi connectivity index (χ1v) is 16.6. The number of ether oxygens (including phenoxy) is 1. The van der Waals surface area contributed by atoms with E-state index in [-0.39, 0.29) is 18.5 Å². The van der Waals surface area contributed by atoms with Crippen molar-refractivity contribution in [3.8, 4) is 5.75 Å². The lowest BCUT2D eigenvalue weighted by Crippen LogP contribution is -2.41. The van der Waals surface area contributed by atoms with Gasteiger partial charge in [-0.05, 0) is 82.1 Å². The van der Waals surface area contributed by atoms with Crippen molar-refractivity contribution in [3.05, 3.63) is 58.6 Å². The molecule has 0 unspecified atom stereocenters. The van der Waals surface area contributed by atoms with Gasteiger partial charge < -0.3 is 9.64 Å². The van der Waals surface area contributed by atoms with Crippen LogP contribution in [0.1, 0.15) is 55.5 Å². The molecule has 0 saturated carbocycles. The topological polar surface area (TPSA) is 73.4 Å². The zero-order valence-corrected chi connectivity index (χ0v) is 25.6. The maximum Gasteiger partial charge on any atom is 0.254 e. The minimum absolute atomic E-state index is 0.115. The standard InChI is InChI=1S/C30H43ClN4O4S/c1-24(2)33-15-8-16-35(40(3,37)38)29-22-27(31)12-11-26(29)23-34(18-17-33)30(36)25-9-7-10-28(21-25)39-20-19-32-13-5-4-6-14-32/h7,9-12,21-22,24H,4-6,8,13-20,23H2,1-3H3. The summed E-state index contributed by atoms with van der Waals surface area (Å²) in [6.07, 6.45) is 5.67. The normalized spacial score (nSPS) is 18.3. The molecule has 2 heterocycles. The Morgan fingerprint density at radius 2 is 1.73 bits per heavy atom. The number of anilines is 1. The number of carbonyl (C=O) groups is 1. The van der Waals surface area contributed by atoms with E-state index in [0.29, 0.717) is 54.7 Å². The van der Waals surface area contributed by atoms with Gasteiger partial charge in [0.05, 0.1) is 11.9 Å². The van der Waals surface area contributed by atoms with Crippen LogP contribution in [-0.4, -0.2) is 93.7 Å². The summed E-state index contributed by atoms with van der Waals surface area (Å²) in [5.41, 5.74) is 1.83. The summed E-state index contributed by atoms with van der Waals surface area (Å²) in [7, 11) is -3.55. The Labute approximate surface area is 244 Å². The number of halogens is 1. The van der Waals surface area contributed by atoms with Gasteiger partial charge in [0.1, 0.15) is 12.4 Å². The highest BCUT2D eigenvalue weighted by Crippen LogP contribution is 2.29. The lowest BCUT2D eigenvalue weighted by atomic mass is 10.1. The van der Waals surface area contributed by atoms with Crippen LogP contribution in [0, 0.1) is 0 Å². The van der Waals surface area contributed by atoms with Crippen molar-refractivity contribution in [1.29, 1.82) is 0 Å². The maximum atomic E-state index is 13.9. The Morgan fingerprint density at radius 3 is 2.45 bits per heavy atom. The molecule has 10 heteroatoms. The van der Waals surface area contributed by atoms with Crippen LogP contribution in [0.25, 0.3) is 0 Å². The minimum atomic E-state index is -3.55. The Balaban J connectivity index is 1.58. The van der Waals surface area contributed by atoms with Crippen LogP contribution in [0.3, 0.4) is 0 Å².